The highest BCUT2D eigenvalue weighted by Crippen LogP contribution is 2.42. The number of benzene rings is 1. The lowest BCUT2D eigenvalue weighted by molar-refractivity contribution is -0.130. The van der Waals surface area contributed by atoms with Gasteiger partial charge in [0.25, 0.3) is 0 Å². The first-order chi connectivity index (χ1) is 25.4. The molecule has 278 valence electrons. The fourth-order valence-electron chi connectivity index (χ4n) is 9.42. The maximum Gasteiger partial charge on any atom is 0.318 e. The minimum absolute atomic E-state index is 0.0860. The lowest BCUT2D eigenvalue weighted by Crippen LogP contribution is -2.57. The van der Waals surface area contributed by atoms with Gasteiger partial charge in [-0.05, 0) is 50.8 Å². The Bertz CT molecular complexity index is 1980. The Morgan fingerprint density at radius 1 is 1.19 bits per heavy atom. The van der Waals surface area contributed by atoms with Crippen molar-refractivity contribution in [2.75, 3.05) is 47.5 Å². The highest BCUT2D eigenvalue weighted by molar-refractivity contribution is 5.88. The molecule has 5 aliphatic rings. The summed E-state index contributed by atoms with van der Waals surface area (Å²) in [5, 5.41) is 22.3. The number of terminal acetylenes is 1. The van der Waals surface area contributed by atoms with E-state index in [1.54, 1.807) is 30.3 Å². The molecule has 2 N–H and O–H groups in total. The van der Waals surface area contributed by atoms with E-state index in [0.717, 1.165) is 16.8 Å². The van der Waals surface area contributed by atoms with Crippen LogP contribution < -0.4 is 19.4 Å². The van der Waals surface area contributed by atoms with E-state index in [4.69, 9.17) is 21.1 Å². The number of aliphatic hydroxyl groups excluding tert-OH is 1. The molecule has 1 aromatic carbocycles. The van der Waals surface area contributed by atoms with Crippen LogP contribution in [0.4, 0.5) is 26.0 Å². The zero-order valence-corrected chi connectivity index (χ0v) is 30.0. The van der Waals surface area contributed by atoms with E-state index >= 15 is 8.78 Å². The van der Waals surface area contributed by atoms with Crippen LogP contribution in [-0.4, -0.2) is 115 Å². The first kappa shape index (κ1) is 35.2. The zero-order chi connectivity index (χ0) is 37.2. The summed E-state index contributed by atoms with van der Waals surface area (Å²) in [5.74, 6) is 2.54. The minimum atomic E-state index is -1.08. The first-order valence-electron chi connectivity index (χ1n) is 18.2. The summed E-state index contributed by atoms with van der Waals surface area (Å²) < 4.78 is 36.5. The maximum atomic E-state index is 15.1. The number of fused-ring (bicyclic) bond motifs is 4. The van der Waals surface area contributed by atoms with E-state index in [1.165, 1.54) is 18.5 Å². The number of amides is 1. The van der Waals surface area contributed by atoms with E-state index < -0.39 is 35.3 Å². The number of piperazine rings is 1. The predicted molar refractivity (Wildman–Crippen MR) is 194 cm³/mol. The molecule has 1 unspecified atom stereocenters. The second-order valence-corrected chi connectivity index (χ2v) is 15.7. The molecule has 2 bridgehead atoms. The predicted octanol–water partition coefficient (Wildman–Crippen LogP) is 2.78. The van der Waals surface area contributed by atoms with Crippen molar-refractivity contribution in [1.29, 1.82) is 0 Å². The SMILES string of the molecule is C#Cc1c(F)ccc2c1N([C@H]1CCc3c(nc(OC[C@]4(C)C[C@@H](F)CN4c4cncnc4)nc3N3C[C@H]4CC(O)[C@@H](C3)N4C(=O)C=C)C1)C[C@@](C)(O)C2. The minimum Gasteiger partial charge on any atom is -0.461 e. The van der Waals surface area contributed by atoms with Gasteiger partial charge in [-0.1, -0.05) is 18.6 Å². The Morgan fingerprint density at radius 3 is 2.72 bits per heavy atom. The Balaban J connectivity index is 1.15. The molecule has 1 amide bonds. The largest absolute Gasteiger partial charge is 0.461 e. The second-order valence-electron chi connectivity index (χ2n) is 15.7. The van der Waals surface area contributed by atoms with Gasteiger partial charge in [0.05, 0.1) is 70.9 Å². The molecule has 4 aliphatic heterocycles. The topological polar surface area (TPSA) is 131 Å². The molecular weight excluding hydrogens is 682 g/mol. The van der Waals surface area contributed by atoms with Gasteiger partial charge in [-0.25, -0.2) is 18.7 Å². The number of ether oxygens (including phenoxy) is 1. The Hall–Kier alpha value is -4.87. The van der Waals surface area contributed by atoms with Crippen molar-refractivity contribution in [2.45, 2.75) is 93.9 Å². The number of aromatic nitrogens is 4. The van der Waals surface area contributed by atoms with Gasteiger partial charge in [0, 0.05) is 50.5 Å². The number of halogens is 2. The van der Waals surface area contributed by atoms with Gasteiger partial charge in [-0.2, -0.15) is 9.97 Å². The van der Waals surface area contributed by atoms with Gasteiger partial charge >= 0.3 is 6.01 Å². The Labute approximate surface area is 307 Å². The van der Waals surface area contributed by atoms with Gasteiger partial charge < -0.3 is 34.5 Å². The molecule has 3 fully saturated rings. The number of nitrogens with zero attached hydrogens (tertiary/aromatic N) is 8. The average Bonchev–Trinajstić information content (AvgIpc) is 3.56. The third-order valence-corrected chi connectivity index (χ3v) is 11.7. The van der Waals surface area contributed by atoms with E-state index in [0.29, 0.717) is 62.4 Å². The van der Waals surface area contributed by atoms with Crippen LogP contribution in [0, 0.1) is 18.2 Å². The quantitative estimate of drug-likeness (QED) is 0.276. The van der Waals surface area contributed by atoms with Crippen molar-refractivity contribution in [3.8, 4) is 18.4 Å². The lowest BCUT2D eigenvalue weighted by atomic mass is 9.83. The van der Waals surface area contributed by atoms with E-state index in [9.17, 15) is 15.0 Å². The molecule has 7 atom stereocenters. The zero-order valence-electron chi connectivity index (χ0n) is 30.0. The highest BCUT2D eigenvalue weighted by atomic mass is 19.1. The van der Waals surface area contributed by atoms with E-state index in [1.807, 2.05) is 16.7 Å². The van der Waals surface area contributed by atoms with Crippen LogP contribution >= 0.6 is 0 Å². The summed E-state index contributed by atoms with van der Waals surface area (Å²) in [6, 6.07) is 2.35. The summed E-state index contributed by atoms with van der Waals surface area (Å²) in [6.45, 7) is 8.72. The molecule has 8 rings (SSSR count). The van der Waals surface area contributed by atoms with Crippen molar-refractivity contribution in [3.63, 3.8) is 0 Å². The lowest BCUT2D eigenvalue weighted by Gasteiger charge is -2.46. The third kappa shape index (κ3) is 6.23. The highest BCUT2D eigenvalue weighted by Gasteiger charge is 2.49. The fourth-order valence-corrected chi connectivity index (χ4v) is 9.42. The third-order valence-electron chi connectivity index (χ3n) is 11.7. The Morgan fingerprint density at radius 2 is 1.98 bits per heavy atom. The summed E-state index contributed by atoms with van der Waals surface area (Å²) in [6.07, 6.45) is 12.8. The number of carbonyl (C=O) groups is 1. The summed E-state index contributed by atoms with van der Waals surface area (Å²) >= 11 is 0. The summed E-state index contributed by atoms with van der Waals surface area (Å²) in [7, 11) is 0. The molecule has 14 heteroatoms. The van der Waals surface area contributed by atoms with Crippen LogP contribution in [0.25, 0.3) is 0 Å². The number of hydrogen-bond donors (Lipinski definition) is 2. The van der Waals surface area contributed by atoms with Crippen LogP contribution in [0.1, 0.15) is 55.5 Å². The van der Waals surface area contributed by atoms with Crippen LogP contribution in [-0.2, 0) is 24.1 Å². The van der Waals surface area contributed by atoms with Crippen molar-refractivity contribution in [1.82, 2.24) is 24.8 Å². The summed E-state index contributed by atoms with van der Waals surface area (Å²) in [5.41, 5.74) is 2.17. The number of aliphatic hydroxyl groups is 2. The second kappa shape index (κ2) is 13.2. The van der Waals surface area contributed by atoms with Gasteiger partial charge in [0.15, 0.2) is 0 Å². The number of alkyl halides is 1. The smallest absolute Gasteiger partial charge is 0.318 e. The van der Waals surface area contributed by atoms with E-state index in [-0.39, 0.29) is 55.7 Å². The van der Waals surface area contributed by atoms with Crippen molar-refractivity contribution >= 4 is 23.1 Å². The molecule has 12 nitrogen and oxygen atoms in total. The van der Waals surface area contributed by atoms with Gasteiger partial charge in [-0.15, -0.1) is 6.42 Å². The van der Waals surface area contributed by atoms with Crippen LogP contribution in [0.15, 0.2) is 43.5 Å². The van der Waals surface area contributed by atoms with E-state index in [2.05, 4.69) is 27.4 Å². The average molecular weight is 727 g/mol. The Kier molecular flexibility index (Phi) is 8.77. The molecule has 0 saturated carbocycles. The molecular formula is C39H44F2N8O4. The van der Waals surface area contributed by atoms with Gasteiger partial charge in [0.2, 0.25) is 5.91 Å². The van der Waals surface area contributed by atoms with Crippen molar-refractivity contribution in [2.24, 2.45) is 0 Å². The van der Waals surface area contributed by atoms with Crippen LogP contribution in [0.2, 0.25) is 0 Å². The number of β-amino-alcohol motifs (C(OH)–C–C–N with tert-alkyl or cyclic N) is 1. The molecule has 2 aromatic heterocycles. The maximum absolute atomic E-state index is 15.1. The molecule has 53 heavy (non-hydrogen) atoms. The fraction of sp³-hybridized carbons (Fsp3) is 0.513. The molecule has 3 saturated heterocycles. The molecule has 6 heterocycles. The number of rotatable bonds is 7. The normalized spacial score (nSPS) is 30.5. The van der Waals surface area contributed by atoms with Crippen molar-refractivity contribution in [3.05, 3.63) is 71.7 Å². The molecule has 1 aliphatic carbocycles. The number of anilines is 3. The molecule has 0 radical (unpaired) electrons. The van der Waals surface area contributed by atoms with Gasteiger partial charge in [-0.3, -0.25) is 4.79 Å². The van der Waals surface area contributed by atoms with Crippen molar-refractivity contribution < 1.29 is 28.5 Å². The summed E-state index contributed by atoms with van der Waals surface area (Å²) in [4.78, 5) is 38.8. The van der Waals surface area contributed by atoms with Gasteiger partial charge in [0.1, 0.15) is 30.7 Å². The first-order valence-corrected chi connectivity index (χ1v) is 18.2. The molecule has 3 aromatic rings. The monoisotopic (exact) mass is 726 g/mol. The molecule has 0 spiro atoms. The van der Waals surface area contributed by atoms with Crippen LogP contribution in [0.5, 0.6) is 6.01 Å². The standard InChI is InChI=1S/C39H44F2N8O4/c1-5-28-30(41)10-7-23-13-39(4,52)20-47(35(23)28)25-8-9-29-31(11-25)44-37(53-21-38(3)14-24(40)17-48(38)27-15-42-22-43-16-27)45-36(29)46-18-26-12-33(50)32(19-46)49(26)34(51)6-2/h1,6-7,10,15-16,22,24-26,32-33,50,52H,2,8-9,11-14,17-21H2,3-4H3/t24-,25+,26-,32-,33?,38+,39+/m1/s1. The van der Waals surface area contributed by atoms with Crippen LogP contribution in [0.3, 0.4) is 0 Å². The number of carbonyl (C=O) groups excluding carboxylic acids is 1. The number of hydrogen-bond acceptors (Lipinski definition) is 11.